The quantitative estimate of drug-likeness (QED) is 0.643. The number of aromatic nitrogens is 1. The molecule has 0 unspecified atom stereocenters. The molecule has 1 N–H and O–H groups in total. The third kappa shape index (κ3) is 1.46. The number of benzene rings is 1. The van der Waals surface area contributed by atoms with Gasteiger partial charge in [0.1, 0.15) is 0 Å². The Balaban J connectivity index is 2.75. The van der Waals surface area contributed by atoms with Crippen LogP contribution in [0.15, 0.2) is 30.5 Å². The standard InChI is InChI=1S/C11H13NS/c1-11(2,13)9-4-3-5-10-8(9)6-7-12-10/h3-7,12-13H,1-2H3. The number of hydrogen-bond donors (Lipinski definition) is 2. The van der Waals surface area contributed by atoms with Gasteiger partial charge in [0, 0.05) is 21.8 Å². The van der Waals surface area contributed by atoms with Crippen molar-refractivity contribution >= 4 is 23.5 Å². The highest BCUT2D eigenvalue weighted by Gasteiger charge is 2.17. The van der Waals surface area contributed by atoms with Gasteiger partial charge >= 0.3 is 0 Å². The van der Waals surface area contributed by atoms with E-state index in [1.165, 1.54) is 16.5 Å². The van der Waals surface area contributed by atoms with Crippen molar-refractivity contribution in [2.45, 2.75) is 18.6 Å². The van der Waals surface area contributed by atoms with Crippen LogP contribution in [0.25, 0.3) is 10.9 Å². The van der Waals surface area contributed by atoms with Crippen LogP contribution in [-0.2, 0) is 4.75 Å². The molecule has 0 saturated heterocycles. The maximum atomic E-state index is 4.58. The zero-order valence-corrected chi connectivity index (χ0v) is 8.73. The number of hydrogen-bond acceptors (Lipinski definition) is 1. The normalized spacial score (nSPS) is 12.2. The fourth-order valence-electron chi connectivity index (χ4n) is 1.62. The first-order valence-corrected chi connectivity index (χ1v) is 4.83. The van der Waals surface area contributed by atoms with Gasteiger partial charge in [0.25, 0.3) is 0 Å². The van der Waals surface area contributed by atoms with E-state index in [0.717, 1.165) is 0 Å². The lowest BCUT2D eigenvalue weighted by Gasteiger charge is -2.18. The predicted molar refractivity (Wildman–Crippen MR) is 60.3 cm³/mol. The van der Waals surface area contributed by atoms with Crippen LogP contribution in [0.2, 0.25) is 0 Å². The minimum atomic E-state index is -0.0816. The fourth-order valence-corrected chi connectivity index (χ4v) is 1.81. The second-order valence-electron chi connectivity index (χ2n) is 3.80. The number of nitrogens with one attached hydrogen (secondary N) is 1. The van der Waals surface area contributed by atoms with Gasteiger partial charge in [-0.15, -0.1) is 0 Å². The monoisotopic (exact) mass is 191 g/mol. The molecule has 0 amide bonds. The summed E-state index contributed by atoms with van der Waals surface area (Å²) < 4.78 is -0.0816. The highest BCUT2D eigenvalue weighted by atomic mass is 32.1. The molecule has 1 aromatic heterocycles. The second-order valence-corrected chi connectivity index (χ2v) is 4.92. The summed E-state index contributed by atoms with van der Waals surface area (Å²) in [5.41, 5.74) is 2.45. The largest absolute Gasteiger partial charge is 0.361 e. The lowest BCUT2D eigenvalue weighted by Crippen LogP contribution is -2.07. The van der Waals surface area contributed by atoms with Gasteiger partial charge in [0.2, 0.25) is 0 Å². The molecule has 13 heavy (non-hydrogen) atoms. The van der Waals surface area contributed by atoms with Gasteiger partial charge in [-0.2, -0.15) is 12.6 Å². The van der Waals surface area contributed by atoms with E-state index in [1.807, 2.05) is 6.20 Å². The van der Waals surface area contributed by atoms with Crippen molar-refractivity contribution in [3.8, 4) is 0 Å². The van der Waals surface area contributed by atoms with Crippen molar-refractivity contribution in [1.82, 2.24) is 4.98 Å². The summed E-state index contributed by atoms with van der Waals surface area (Å²) in [6, 6.07) is 8.37. The average Bonchev–Trinajstić information content (AvgIpc) is 2.48. The molecule has 2 rings (SSSR count). The molecule has 1 aromatic carbocycles. The predicted octanol–water partition coefficient (Wildman–Crippen LogP) is 3.33. The molecule has 0 aliphatic heterocycles. The summed E-state index contributed by atoms with van der Waals surface area (Å²) in [6.45, 7) is 4.22. The van der Waals surface area contributed by atoms with Crippen LogP contribution in [-0.4, -0.2) is 4.98 Å². The molecule has 68 valence electrons. The van der Waals surface area contributed by atoms with Gasteiger partial charge in [-0.05, 0) is 31.5 Å². The summed E-state index contributed by atoms with van der Waals surface area (Å²) in [7, 11) is 0. The van der Waals surface area contributed by atoms with Crippen molar-refractivity contribution in [2.75, 3.05) is 0 Å². The Labute approximate surface area is 83.6 Å². The van der Waals surface area contributed by atoms with Crippen LogP contribution in [0.3, 0.4) is 0 Å². The first kappa shape index (κ1) is 8.70. The van der Waals surface area contributed by atoms with E-state index in [2.05, 4.69) is 55.7 Å². The maximum absolute atomic E-state index is 4.58. The minimum Gasteiger partial charge on any atom is -0.361 e. The smallest absolute Gasteiger partial charge is 0.0457 e. The van der Waals surface area contributed by atoms with Crippen LogP contribution in [0, 0.1) is 0 Å². The summed E-state index contributed by atoms with van der Waals surface area (Å²) in [4.78, 5) is 3.20. The molecular formula is C11H13NS. The lowest BCUT2D eigenvalue weighted by molar-refractivity contribution is 0.800. The molecule has 1 nitrogen and oxygen atoms in total. The molecule has 1 heterocycles. The van der Waals surface area contributed by atoms with E-state index in [-0.39, 0.29) is 4.75 Å². The Morgan fingerprint density at radius 1 is 1.23 bits per heavy atom. The van der Waals surface area contributed by atoms with Gasteiger partial charge in [0.15, 0.2) is 0 Å². The summed E-state index contributed by atoms with van der Waals surface area (Å²) in [6.07, 6.45) is 1.97. The average molecular weight is 191 g/mol. The lowest BCUT2D eigenvalue weighted by atomic mass is 9.98. The Hall–Kier alpha value is -0.890. The molecule has 0 spiro atoms. The molecule has 0 bridgehead atoms. The maximum Gasteiger partial charge on any atom is 0.0457 e. The highest BCUT2D eigenvalue weighted by molar-refractivity contribution is 7.81. The number of fused-ring (bicyclic) bond motifs is 1. The zero-order chi connectivity index (χ0) is 9.47. The van der Waals surface area contributed by atoms with Crippen molar-refractivity contribution in [1.29, 1.82) is 0 Å². The second kappa shape index (κ2) is 2.81. The third-order valence-corrected chi connectivity index (χ3v) is 2.49. The number of rotatable bonds is 1. The fraction of sp³-hybridized carbons (Fsp3) is 0.273. The van der Waals surface area contributed by atoms with E-state index >= 15 is 0 Å². The molecule has 0 fully saturated rings. The summed E-state index contributed by atoms with van der Waals surface area (Å²) >= 11 is 4.58. The molecular weight excluding hydrogens is 178 g/mol. The Morgan fingerprint density at radius 3 is 2.69 bits per heavy atom. The number of H-pyrrole nitrogens is 1. The van der Waals surface area contributed by atoms with E-state index in [1.54, 1.807) is 0 Å². The molecule has 0 aliphatic rings. The summed E-state index contributed by atoms with van der Waals surface area (Å²) in [5.74, 6) is 0. The van der Waals surface area contributed by atoms with Crippen LogP contribution < -0.4 is 0 Å². The highest BCUT2D eigenvalue weighted by Crippen LogP contribution is 2.32. The van der Waals surface area contributed by atoms with Gasteiger partial charge in [-0.1, -0.05) is 12.1 Å². The van der Waals surface area contributed by atoms with Crippen LogP contribution in [0.1, 0.15) is 19.4 Å². The molecule has 0 saturated carbocycles. The minimum absolute atomic E-state index is 0.0816. The van der Waals surface area contributed by atoms with Gasteiger partial charge in [-0.3, -0.25) is 0 Å². The summed E-state index contributed by atoms with van der Waals surface area (Å²) in [5, 5.41) is 1.27. The van der Waals surface area contributed by atoms with Gasteiger partial charge < -0.3 is 4.98 Å². The van der Waals surface area contributed by atoms with E-state index in [9.17, 15) is 0 Å². The number of thiol groups is 1. The van der Waals surface area contributed by atoms with Crippen molar-refractivity contribution in [3.05, 3.63) is 36.0 Å². The Bertz CT molecular complexity index is 423. The van der Waals surface area contributed by atoms with Crippen LogP contribution in [0.4, 0.5) is 0 Å². The topological polar surface area (TPSA) is 15.8 Å². The first-order valence-electron chi connectivity index (χ1n) is 4.38. The van der Waals surface area contributed by atoms with Crippen LogP contribution >= 0.6 is 12.6 Å². The van der Waals surface area contributed by atoms with Gasteiger partial charge in [-0.25, -0.2) is 0 Å². The molecule has 2 heteroatoms. The number of aromatic amines is 1. The van der Waals surface area contributed by atoms with Gasteiger partial charge in [0.05, 0.1) is 0 Å². The van der Waals surface area contributed by atoms with Crippen molar-refractivity contribution in [3.63, 3.8) is 0 Å². The van der Waals surface area contributed by atoms with Crippen molar-refractivity contribution in [2.24, 2.45) is 0 Å². The van der Waals surface area contributed by atoms with Crippen molar-refractivity contribution < 1.29 is 0 Å². The third-order valence-electron chi connectivity index (χ3n) is 2.25. The molecule has 0 radical (unpaired) electrons. The Morgan fingerprint density at radius 2 is 2.00 bits per heavy atom. The first-order chi connectivity index (χ1) is 6.09. The van der Waals surface area contributed by atoms with E-state index in [0.29, 0.717) is 0 Å². The molecule has 0 atom stereocenters. The van der Waals surface area contributed by atoms with Crippen LogP contribution in [0.5, 0.6) is 0 Å². The van der Waals surface area contributed by atoms with E-state index < -0.39 is 0 Å². The Kier molecular flexibility index (Phi) is 1.88. The molecule has 2 aromatic rings. The van der Waals surface area contributed by atoms with E-state index in [4.69, 9.17) is 0 Å². The molecule has 0 aliphatic carbocycles. The SMILES string of the molecule is CC(C)(S)c1cccc2[nH]ccc12. The zero-order valence-electron chi connectivity index (χ0n) is 7.83.